The monoisotopic (exact) mass is 309 g/mol. The molecular formula is C5H15N3O12. The summed E-state index contributed by atoms with van der Waals surface area (Å²) in [7, 11) is 4.56. The third-order valence-electron chi connectivity index (χ3n) is 1.11. The van der Waals surface area contributed by atoms with Crippen LogP contribution in [0.5, 0.6) is 0 Å². The van der Waals surface area contributed by atoms with Crippen molar-refractivity contribution in [2.24, 2.45) is 0 Å². The molecule has 0 aromatic heterocycles. The van der Waals surface area contributed by atoms with Gasteiger partial charge in [0.05, 0.1) is 0 Å². The Kier molecular flexibility index (Phi) is 21.5. The van der Waals surface area contributed by atoms with Crippen molar-refractivity contribution in [1.29, 1.82) is 0 Å². The van der Waals surface area contributed by atoms with E-state index in [0.29, 0.717) is 0 Å². The molecule has 0 radical (unpaired) electrons. The van der Waals surface area contributed by atoms with Gasteiger partial charge >= 0.3 is 0 Å². The fourth-order valence-electron chi connectivity index (χ4n) is 0.250. The van der Waals surface area contributed by atoms with E-state index in [1.807, 2.05) is 0 Å². The minimum Gasteiger partial charge on any atom is -0.331 e. The van der Waals surface area contributed by atoms with Crippen LogP contribution in [-0.4, -0.2) is 58.2 Å². The lowest BCUT2D eigenvalue weighted by Crippen LogP contribution is -2.31. The minimum absolute atomic E-state index is 0.875. The van der Waals surface area contributed by atoms with Crippen LogP contribution in [-0.2, 0) is 14.2 Å². The molecule has 0 bridgehead atoms. The average molecular weight is 309 g/mol. The van der Waals surface area contributed by atoms with Crippen LogP contribution in [0.4, 0.5) is 0 Å². The third-order valence-corrected chi connectivity index (χ3v) is 1.11. The van der Waals surface area contributed by atoms with Crippen molar-refractivity contribution in [3.63, 3.8) is 0 Å². The quantitative estimate of drug-likeness (QED) is 0.343. The maximum atomic E-state index is 8.36. The van der Waals surface area contributed by atoms with Gasteiger partial charge in [-0.25, -0.2) is 0 Å². The predicted molar refractivity (Wildman–Crippen MR) is 55.8 cm³/mol. The maximum Gasteiger partial charge on any atom is 0.291 e. The first-order chi connectivity index (χ1) is 8.88. The third kappa shape index (κ3) is 77.3. The summed E-state index contributed by atoms with van der Waals surface area (Å²) in [6.07, 6.45) is 0. The Hall–Kier alpha value is -2.52. The van der Waals surface area contributed by atoms with Gasteiger partial charge in [-0.05, 0) is 0 Å². The van der Waals surface area contributed by atoms with Gasteiger partial charge in [0.1, 0.15) is 0 Å². The molecule has 3 N–H and O–H groups in total. The van der Waals surface area contributed by atoms with E-state index in [-0.39, 0.29) is 0 Å². The van der Waals surface area contributed by atoms with Gasteiger partial charge in [-0.3, -0.25) is 0 Å². The van der Waals surface area contributed by atoms with Crippen LogP contribution in [0.15, 0.2) is 0 Å². The Morgan fingerprint density at radius 2 is 0.850 bits per heavy atom. The highest BCUT2D eigenvalue weighted by atomic mass is 16.9. The summed E-state index contributed by atoms with van der Waals surface area (Å²) < 4.78 is 14.4. The Balaban J connectivity index is -0.0000000917. The second-order valence-corrected chi connectivity index (χ2v) is 2.19. The van der Waals surface area contributed by atoms with Crippen LogP contribution < -0.4 is 0 Å². The highest BCUT2D eigenvalue weighted by Gasteiger charge is 2.20. The summed E-state index contributed by atoms with van der Waals surface area (Å²) in [6, 6.07) is 0. The van der Waals surface area contributed by atoms with Crippen molar-refractivity contribution in [3.05, 3.63) is 30.3 Å². The van der Waals surface area contributed by atoms with Gasteiger partial charge in [0.15, 0.2) is 0 Å². The van der Waals surface area contributed by atoms with E-state index in [0.717, 1.165) is 0 Å². The van der Waals surface area contributed by atoms with Crippen molar-refractivity contribution in [3.8, 4) is 0 Å². The zero-order valence-electron chi connectivity index (χ0n) is 10.9. The maximum absolute atomic E-state index is 8.36. The van der Waals surface area contributed by atoms with E-state index in [1.165, 1.54) is 21.3 Å². The molecule has 0 heterocycles. The Labute approximate surface area is 111 Å². The molecule has 0 unspecified atom stereocenters. The Morgan fingerprint density at radius 3 is 0.850 bits per heavy atom. The van der Waals surface area contributed by atoms with Crippen molar-refractivity contribution >= 4 is 0 Å². The highest BCUT2D eigenvalue weighted by Crippen LogP contribution is 2.08. The van der Waals surface area contributed by atoms with Crippen molar-refractivity contribution in [2.45, 2.75) is 12.9 Å². The van der Waals surface area contributed by atoms with E-state index in [1.54, 1.807) is 6.92 Å². The molecular weight excluding hydrogens is 294 g/mol. The first-order valence-electron chi connectivity index (χ1n) is 4.03. The van der Waals surface area contributed by atoms with Gasteiger partial charge in [-0.1, -0.05) is 0 Å². The van der Waals surface area contributed by atoms with Crippen LogP contribution in [0.2, 0.25) is 0 Å². The van der Waals surface area contributed by atoms with E-state index in [4.69, 9.17) is 60.2 Å². The molecule has 0 saturated carbocycles. The van der Waals surface area contributed by atoms with E-state index in [9.17, 15) is 0 Å². The van der Waals surface area contributed by atoms with Crippen molar-refractivity contribution in [2.75, 3.05) is 21.3 Å². The standard InChI is InChI=1S/C5H12O3.3HNO3/c1-5(6-2,7-3)8-4;3*2-1(3)4/h1-4H3;3*(H,2,3,4). The normalized spacial score (nSPS) is 8.40. The summed E-state index contributed by atoms with van der Waals surface area (Å²) >= 11 is 0. The van der Waals surface area contributed by atoms with Crippen LogP contribution >= 0.6 is 0 Å². The summed E-state index contributed by atoms with van der Waals surface area (Å²) in [4.78, 5) is 25.1. The molecule has 0 aromatic carbocycles. The van der Waals surface area contributed by atoms with Gasteiger partial charge in [0, 0.05) is 28.3 Å². The molecule has 0 fully saturated rings. The smallest absolute Gasteiger partial charge is 0.291 e. The fraction of sp³-hybridized carbons (Fsp3) is 1.00. The number of hydrogen-bond acceptors (Lipinski definition) is 9. The minimum atomic E-state index is -1.50. The molecule has 0 rings (SSSR count). The summed E-state index contributed by atoms with van der Waals surface area (Å²) in [5.41, 5.74) is 0. The Morgan fingerprint density at radius 1 is 0.750 bits per heavy atom. The van der Waals surface area contributed by atoms with Crippen molar-refractivity contribution < 1.29 is 45.1 Å². The van der Waals surface area contributed by atoms with Crippen LogP contribution in [0.1, 0.15) is 6.92 Å². The van der Waals surface area contributed by atoms with Gasteiger partial charge in [-0.2, -0.15) is 0 Å². The molecule has 0 amide bonds. The molecule has 15 nitrogen and oxygen atoms in total. The summed E-state index contributed by atoms with van der Waals surface area (Å²) in [5.74, 6) is -0.875. The molecule has 0 aliphatic rings. The van der Waals surface area contributed by atoms with Gasteiger partial charge in [0.25, 0.3) is 21.2 Å². The molecule has 0 aliphatic heterocycles. The second kappa shape index (κ2) is 16.5. The molecule has 0 aromatic rings. The molecule has 15 heteroatoms. The lowest BCUT2D eigenvalue weighted by Gasteiger charge is -2.23. The highest BCUT2D eigenvalue weighted by molar-refractivity contribution is 4.38. The molecule has 0 spiro atoms. The largest absolute Gasteiger partial charge is 0.331 e. The topological polar surface area (TPSA) is 218 Å². The van der Waals surface area contributed by atoms with E-state index in [2.05, 4.69) is 0 Å². The predicted octanol–water partition coefficient (Wildman–Crippen LogP) is -0.444. The zero-order valence-corrected chi connectivity index (χ0v) is 10.9. The molecule has 122 valence electrons. The summed E-state index contributed by atoms with van der Waals surface area (Å²) in [5, 5.41) is 40.9. The summed E-state index contributed by atoms with van der Waals surface area (Å²) in [6.45, 7) is 1.69. The number of rotatable bonds is 3. The van der Waals surface area contributed by atoms with Gasteiger partial charge in [0.2, 0.25) is 0 Å². The van der Waals surface area contributed by atoms with Crippen LogP contribution in [0, 0.1) is 30.3 Å². The molecule has 20 heavy (non-hydrogen) atoms. The lowest BCUT2D eigenvalue weighted by molar-refractivity contribution is -0.742. The average Bonchev–Trinajstić information content (AvgIpc) is 2.26. The number of methoxy groups -OCH3 is 3. The molecule has 0 saturated heterocycles. The van der Waals surface area contributed by atoms with Crippen LogP contribution in [0.25, 0.3) is 0 Å². The van der Waals surface area contributed by atoms with E-state index < -0.39 is 21.2 Å². The SMILES string of the molecule is COC(C)(OC)OC.O=[N+]([O-])O.O=[N+]([O-])O.O=[N+]([O-])O. The number of hydrogen-bond donors (Lipinski definition) is 3. The first kappa shape index (κ1) is 26.1. The van der Waals surface area contributed by atoms with Crippen LogP contribution in [0.3, 0.4) is 0 Å². The van der Waals surface area contributed by atoms with Crippen molar-refractivity contribution in [1.82, 2.24) is 0 Å². The van der Waals surface area contributed by atoms with Gasteiger partial charge in [-0.15, -0.1) is 30.3 Å². The molecule has 0 atom stereocenters. The Bertz CT molecular complexity index is 217. The fourth-order valence-corrected chi connectivity index (χ4v) is 0.250. The van der Waals surface area contributed by atoms with E-state index >= 15 is 0 Å². The number of ether oxygens (including phenoxy) is 3. The lowest BCUT2D eigenvalue weighted by atomic mass is 10.6. The second-order valence-electron chi connectivity index (χ2n) is 2.19. The zero-order chi connectivity index (χ0) is 17.4. The van der Waals surface area contributed by atoms with Gasteiger partial charge < -0.3 is 29.8 Å². The first-order valence-corrected chi connectivity index (χ1v) is 4.03. The number of nitrogens with zero attached hydrogens (tertiary/aromatic N) is 3. The molecule has 0 aliphatic carbocycles.